The van der Waals surface area contributed by atoms with Gasteiger partial charge in [0.05, 0.1) is 17.6 Å². The van der Waals surface area contributed by atoms with Gasteiger partial charge in [0.15, 0.2) is 0 Å². The third-order valence-electron chi connectivity index (χ3n) is 3.03. The Labute approximate surface area is 124 Å². The Morgan fingerprint density at radius 3 is 2.89 bits per heavy atom. The summed E-state index contributed by atoms with van der Waals surface area (Å²) in [6, 6.07) is 0. The molecule has 1 aliphatic heterocycles. The molecule has 0 amide bonds. The highest BCUT2D eigenvalue weighted by molar-refractivity contribution is 9.09. The van der Waals surface area contributed by atoms with E-state index in [0.29, 0.717) is 4.83 Å². The van der Waals surface area contributed by atoms with E-state index < -0.39 is 0 Å². The molecule has 18 heavy (non-hydrogen) atoms. The molecule has 1 aliphatic rings. The molecule has 3 heteroatoms. The van der Waals surface area contributed by atoms with Gasteiger partial charge in [0.2, 0.25) is 0 Å². The van der Waals surface area contributed by atoms with Crippen LogP contribution in [0.25, 0.3) is 0 Å². The lowest BCUT2D eigenvalue weighted by molar-refractivity contribution is 0.0444. The van der Waals surface area contributed by atoms with Crippen LogP contribution >= 0.6 is 27.5 Å². The zero-order valence-corrected chi connectivity index (χ0v) is 13.0. The van der Waals surface area contributed by atoms with Crippen molar-refractivity contribution in [3.05, 3.63) is 24.3 Å². The number of alkyl halides is 2. The first-order chi connectivity index (χ1) is 8.69. The van der Waals surface area contributed by atoms with Crippen LogP contribution < -0.4 is 0 Å². The highest BCUT2D eigenvalue weighted by atomic mass is 79.9. The second-order valence-electron chi connectivity index (χ2n) is 4.40. The normalized spacial score (nSPS) is 30.0. The van der Waals surface area contributed by atoms with Gasteiger partial charge >= 0.3 is 0 Å². The topological polar surface area (TPSA) is 9.23 Å². The minimum absolute atomic E-state index is 0.155. The van der Waals surface area contributed by atoms with Crippen molar-refractivity contribution in [1.29, 1.82) is 0 Å². The van der Waals surface area contributed by atoms with Crippen molar-refractivity contribution in [2.45, 2.75) is 55.0 Å². The van der Waals surface area contributed by atoms with Gasteiger partial charge in [-0.1, -0.05) is 47.0 Å². The molecule has 0 N–H and O–H groups in total. The van der Waals surface area contributed by atoms with E-state index in [0.717, 1.165) is 25.7 Å². The molecular formula is C15H20BrClO. The number of halogens is 2. The number of allylic oxidation sites excluding steroid dienone is 4. The van der Waals surface area contributed by atoms with E-state index in [1.807, 2.05) is 6.08 Å². The van der Waals surface area contributed by atoms with E-state index in [2.05, 4.69) is 40.9 Å². The maximum atomic E-state index is 6.24. The van der Waals surface area contributed by atoms with Gasteiger partial charge in [-0.25, -0.2) is 0 Å². The maximum absolute atomic E-state index is 6.24. The summed E-state index contributed by atoms with van der Waals surface area (Å²) >= 11 is 9.93. The molecule has 0 aromatic heterocycles. The summed E-state index contributed by atoms with van der Waals surface area (Å²) < 4.78 is 5.93. The van der Waals surface area contributed by atoms with Crippen molar-refractivity contribution in [2.24, 2.45) is 0 Å². The lowest BCUT2D eigenvalue weighted by Crippen LogP contribution is -2.20. The lowest BCUT2D eigenvalue weighted by Gasteiger charge is -2.16. The fourth-order valence-electron chi connectivity index (χ4n) is 2.01. The zero-order chi connectivity index (χ0) is 13.4. The van der Waals surface area contributed by atoms with Crippen LogP contribution in [-0.4, -0.2) is 22.4 Å². The predicted molar refractivity (Wildman–Crippen MR) is 82.3 cm³/mol. The predicted octanol–water partition coefficient (Wildman–Crippen LogP) is 4.45. The lowest BCUT2D eigenvalue weighted by atomic mass is 10.1. The molecule has 1 fully saturated rings. The van der Waals surface area contributed by atoms with E-state index in [1.54, 1.807) is 6.08 Å². The van der Waals surface area contributed by atoms with Gasteiger partial charge in [0, 0.05) is 4.83 Å². The van der Waals surface area contributed by atoms with E-state index >= 15 is 0 Å². The quantitative estimate of drug-likeness (QED) is 0.397. The van der Waals surface area contributed by atoms with E-state index in [1.165, 1.54) is 0 Å². The molecule has 0 spiro atoms. The van der Waals surface area contributed by atoms with Gasteiger partial charge < -0.3 is 4.74 Å². The number of terminal acetylenes is 1. The Kier molecular flexibility index (Phi) is 7.74. The van der Waals surface area contributed by atoms with E-state index in [9.17, 15) is 0 Å². The first-order valence-corrected chi connectivity index (χ1v) is 7.74. The second-order valence-corrected chi connectivity index (χ2v) is 6.14. The molecule has 1 nitrogen and oxygen atoms in total. The Hall–Kier alpha value is -0.230. The SMILES string of the molecule is C#C/C=C\C/C=C\C[C@@H](Br)[C@@H]1C[C@H](Cl)[C@H](CC)O1. The van der Waals surface area contributed by atoms with E-state index in [-0.39, 0.29) is 17.6 Å². The highest BCUT2D eigenvalue weighted by Gasteiger charge is 2.35. The van der Waals surface area contributed by atoms with Crippen LogP contribution in [0.2, 0.25) is 0 Å². The second kappa shape index (κ2) is 8.80. The Balaban J connectivity index is 2.27. The molecule has 4 atom stereocenters. The molecule has 0 aromatic carbocycles. The van der Waals surface area contributed by atoms with Crippen molar-refractivity contribution in [3.63, 3.8) is 0 Å². The van der Waals surface area contributed by atoms with Gasteiger partial charge in [0.25, 0.3) is 0 Å². The summed E-state index contributed by atoms with van der Waals surface area (Å²) in [6.07, 6.45) is 17.3. The number of ether oxygens (including phenoxy) is 1. The Bertz CT molecular complexity index is 332. The fraction of sp³-hybridized carbons (Fsp3) is 0.600. The summed E-state index contributed by atoms with van der Waals surface area (Å²) in [7, 11) is 0. The van der Waals surface area contributed by atoms with Crippen LogP contribution in [0.1, 0.15) is 32.6 Å². The van der Waals surface area contributed by atoms with Gasteiger partial charge in [-0.3, -0.25) is 0 Å². The molecule has 100 valence electrons. The molecule has 0 saturated carbocycles. The van der Waals surface area contributed by atoms with Crippen LogP contribution in [0.4, 0.5) is 0 Å². The molecule has 0 bridgehead atoms. The van der Waals surface area contributed by atoms with Crippen molar-refractivity contribution in [2.75, 3.05) is 0 Å². The molecule has 0 aromatic rings. The van der Waals surface area contributed by atoms with Crippen molar-refractivity contribution in [1.82, 2.24) is 0 Å². The number of hydrogen-bond donors (Lipinski definition) is 0. The smallest absolute Gasteiger partial charge is 0.0741 e. The summed E-state index contributed by atoms with van der Waals surface area (Å²) in [5, 5.41) is 0.155. The maximum Gasteiger partial charge on any atom is 0.0741 e. The third-order valence-corrected chi connectivity index (χ3v) is 4.45. The van der Waals surface area contributed by atoms with Crippen LogP contribution in [0, 0.1) is 12.3 Å². The van der Waals surface area contributed by atoms with Gasteiger partial charge in [-0.15, -0.1) is 18.0 Å². The standard InChI is InChI=1S/C15H20BrClO/c1-3-5-6-7-8-9-10-12(16)15-11-13(17)14(4-2)18-15/h1,5-6,8-9,12-15H,4,7,10-11H2,2H3/b6-5-,9-8-/t12-,13+,14+,15+/m1/s1. The molecule has 0 aliphatic carbocycles. The molecule has 0 unspecified atom stereocenters. The Morgan fingerprint density at radius 2 is 2.28 bits per heavy atom. The summed E-state index contributed by atoms with van der Waals surface area (Å²) in [6.45, 7) is 2.11. The largest absolute Gasteiger partial charge is 0.372 e. The Morgan fingerprint density at radius 1 is 1.50 bits per heavy atom. The minimum atomic E-state index is 0.155. The summed E-state index contributed by atoms with van der Waals surface area (Å²) in [4.78, 5) is 0.336. The van der Waals surface area contributed by atoms with Gasteiger partial charge in [0.1, 0.15) is 0 Å². The first-order valence-electron chi connectivity index (χ1n) is 6.38. The van der Waals surface area contributed by atoms with Crippen LogP contribution in [0.3, 0.4) is 0 Å². The van der Waals surface area contributed by atoms with Crippen molar-refractivity contribution in [3.8, 4) is 12.3 Å². The molecule has 1 saturated heterocycles. The molecular weight excluding hydrogens is 312 g/mol. The minimum Gasteiger partial charge on any atom is -0.372 e. The van der Waals surface area contributed by atoms with Crippen LogP contribution in [0.15, 0.2) is 24.3 Å². The highest BCUT2D eigenvalue weighted by Crippen LogP contribution is 2.32. The van der Waals surface area contributed by atoms with Crippen molar-refractivity contribution < 1.29 is 4.74 Å². The third kappa shape index (κ3) is 5.18. The monoisotopic (exact) mass is 330 g/mol. The average Bonchev–Trinajstić information content (AvgIpc) is 2.74. The van der Waals surface area contributed by atoms with Crippen molar-refractivity contribution >= 4 is 27.5 Å². The molecule has 0 radical (unpaired) electrons. The van der Waals surface area contributed by atoms with E-state index in [4.69, 9.17) is 22.8 Å². The fourth-order valence-corrected chi connectivity index (χ4v) is 2.98. The molecule has 1 heterocycles. The van der Waals surface area contributed by atoms with Crippen LogP contribution in [0.5, 0.6) is 0 Å². The summed E-state index contributed by atoms with van der Waals surface area (Å²) in [5.41, 5.74) is 0. The van der Waals surface area contributed by atoms with Gasteiger partial charge in [-0.2, -0.15) is 0 Å². The molecule has 1 rings (SSSR count). The number of rotatable bonds is 6. The summed E-state index contributed by atoms with van der Waals surface area (Å²) in [5.74, 6) is 2.47. The zero-order valence-electron chi connectivity index (χ0n) is 10.7. The van der Waals surface area contributed by atoms with Crippen LogP contribution in [-0.2, 0) is 4.74 Å². The number of hydrogen-bond acceptors (Lipinski definition) is 1. The average molecular weight is 332 g/mol. The first kappa shape index (κ1) is 15.8. The van der Waals surface area contributed by atoms with Gasteiger partial charge in [-0.05, 0) is 31.8 Å².